The molecule has 0 spiro atoms. The van der Waals surface area contributed by atoms with Gasteiger partial charge in [0.25, 0.3) is 5.91 Å². The Morgan fingerprint density at radius 1 is 0.974 bits per heavy atom. The average molecular weight is 566 g/mol. The molecule has 3 aromatic heterocycles. The van der Waals surface area contributed by atoms with E-state index in [9.17, 15) is 18.0 Å². The number of rotatable bonds is 8. The fourth-order valence-electron chi connectivity index (χ4n) is 4.13. The number of hydrogen-bond donors (Lipinski definition) is 2. The van der Waals surface area contributed by atoms with Crippen molar-refractivity contribution in [3.05, 3.63) is 76.2 Å². The van der Waals surface area contributed by atoms with Crippen LogP contribution in [-0.2, 0) is 14.8 Å². The summed E-state index contributed by atoms with van der Waals surface area (Å²) in [5.74, 6) is -0.967. The summed E-state index contributed by atoms with van der Waals surface area (Å²) in [6.07, 6.45) is 1.31. The molecule has 0 bridgehead atoms. The molecule has 0 saturated carbocycles. The van der Waals surface area contributed by atoms with Crippen LogP contribution in [-0.4, -0.2) is 46.0 Å². The van der Waals surface area contributed by atoms with Crippen molar-refractivity contribution < 1.29 is 18.0 Å². The quantitative estimate of drug-likeness (QED) is 0.315. The van der Waals surface area contributed by atoms with Gasteiger partial charge >= 0.3 is 0 Å². The van der Waals surface area contributed by atoms with Crippen molar-refractivity contribution in [1.29, 1.82) is 0 Å². The van der Waals surface area contributed by atoms with E-state index in [4.69, 9.17) is 0 Å². The molecule has 1 aromatic carbocycles. The van der Waals surface area contributed by atoms with Crippen molar-refractivity contribution in [2.24, 2.45) is 0 Å². The number of nitrogens with one attached hydrogen (secondary N) is 2. The van der Waals surface area contributed by atoms with Crippen LogP contribution >= 0.6 is 11.3 Å². The van der Waals surface area contributed by atoms with Crippen LogP contribution in [0.5, 0.6) is 0 Å². The van der Waals surface area contributed by atoms with E-state index in [-0.39, 0.29) is 12.1 Å². The van der Waals surface area contributed by atoms with Crippen LogP contribution in [0.3, 0.4) is 0 Å². The molecule has 0 unspecified atom stereocenters. The molecule has 0 radical (unpaired) electrons. The Morgan fingerprint density at radius 3 is 2.31 bits per heavy atom. The monoisotopic (exact) mass is 565 g/mol. The summed E-state index contributed by atoms with van der Waals surface area (Å²) in [6.45, 7) is 10.1. The molecule has 0 atom stereocenters. The molecule has 9 nitrogen and oxygen atoms in total. The van der Waals surface area contributed by atoms with Crippen molar-refractivity contribution in [3.8, 4) is 22.4 Å². The lowest BCUT2D eigenvalue weighted by atomic mass is 10.0. The first-order chi connectivity index (χ1) is 18.4. The number of hydrogen-bond acceptors (Lipinski definition) is 7. The minimum absolute atomic E-state index is 0.209. The lowest BCUT2D eigenvalue weighted by Crippen LogP contribution is -2.33. The van der Waals surface area contributed by atoms with Crippen LogP contribution in [0.25, 0.3) is 22.4 Å². The van der Waals surface area contributed by atoms with Crippen molar-refractivity contribution in [2.75, 3.05) is 11.9 Å². The third-order valence-corrected chi connectivity index (χ3v) is 9.25. The number of benzene rings is 1. The molecule has 4 aromatic rings. The number of aromatic nitrogens is 3. The molecule has 4 rings (SSSR count). The average Bonchev–Trinajstić information content (AvgIpc) is 3.46. The molecular weight excluding hydrogens is 534 g/mol. The minimum atomic E-state index is -3.61. The second kappa shape index (κ2) is 11.1. The van der Waals surface area contributed by atoms with Crippen molar-refractivity contribution in [1.82, 2.24) is 19.3 Å². The van der Waals surface area contributed by atoms with Gasteiger partial charge in [-0.15, -0.1) is 11.3 Å². The van der Waals surface area contributed by atoms with E-state index in [1.54, 1.807) is 27.7 Å². The number of aryl methyl sites for hydroxylation is 2. The van der Waals surface area contributed by atoms with Gasteiger partial charge in [-0.2, -0.15) is 0 Å². The Morgan fingerprint density at radius 2 is 1.64 bits per heavy atom. The zero-order valence-corrected chi connectivity index (χ0v) is 24.3. The number of thiazole rings is 1. The molecule has 39 heavy (non-hydrogen) atoms. The second-order valence-electron chi connectivity index (χ2n) is 9.63. The van der Waals surface area contributed by atoms with Gasteiger partial charge in [0.1, 0.15) is 0 Å². The van der Waals surface area contributed by atoms with Crippen molar-refractivity contribution >= 4 is 38.3 Å². The van der Waals surface area contributed by atoms with Gasteiger partial charge in [0, 0.05) is 34.2 Å². The largest absolute Gasteiger partial charge is 0.343 e. The topological polar surface area (TPSA) is 123 Å². The number of pyridine rings is 1. The Labute approximate surface area is 232 Å². The van der Waals surface area contributed by atoms with Crippen LogP contribution in [0.2, 0.25) is 0 Å². The van der Waals surface area contributed by atoms with Crippen LogP contribution in [0, 0.1) is 27.7 Å². The lowest BCUT2D eigenvalue weighted by molar-refractivity contribution is -0.115. The van der Waals surface area contributed by atoms with Gasteiger partial charge in [-0.05, 0) is 76.4 Å². The van der Waals surface area contributed by atoms with E-state index in [2.05, 4.69) is 20.6 Å². The summed E-state index contributed by atoms with van der Waals surface area (Å²) in [4.78, 5) is 34.3. The fraction of sp³-hybridized carbons (Fsp3) is 0.286. The minimum Gasteiger partial charge on any atom is -0.343 e. The summed E-state index contributed by atoms with van der Waals surface area (Å²) in [5, 5.41) is 6.91. The third kappa shape index (κ3) is 6.10. The summed E-state index contributed by atoms with van der Waals surface area (Å²) >= 11 is 1.29. The number of carbonyl (C=O) groups excluding carboxylic acids is 2. The smallest absolute Gasteiger partial charge is 0.253 e. The molecule has 204 valence electrons. The Balaban J connectivity index is 1.41. The molecular formula is C28H31N5O4S2. The molecule has 0 aliphatic heterocycles. The first-order valence-corrected chi connectivity index (χ1v) is 14.8. The normalized spacial score (nSPS) is 11.6. The number of nitrogens with zero attached hydrogens (tertiary/aromatic N) is 3. The highest BCUT2D eigenvalue weighted by Crippen LogP contribution is 2.29. The lowest BCUT2D eigenvalue weighted by Gasteiger charge is -2.10. The standard InChI is InChI=1S/C28H31N5O4S2/c1-16(2)39(36,37)33-14-24(19(5)20(33)6)27(35)29-13-26(34)32-28-31-25(15-38-28)22-9-7-8-21(12-22)23-10-17(3)30-18(4)11-23/h7-12,14-16H,13H2,1-6H3,(H,29,35)(H,31,32,34). The van der Waals surface area contributed by atoms with Crippen molar-refractivity contribution in [3.63, 3.8) is 0 Å². The van der Waals surface area contributed by atoms with Gasteiger partial charge < -0.3 is 10.6 Å². The summed E-state index contributed by atoms with van der Waals surface area (Å²) in [5.41, 5.74) is 6.87. The Hall–Kier alpha value is -3.83. The zero-order chi connectivity index (χ0) is 28.5. The first-order valence-electron chi connectivity index (χ1n) is 12.4. The molecule has 3 heterocycles. The Kier molecular flexibility index (Phi) is 8.03. The van der Waals surface area contributed by atoms with E-state index in [1.807, 2.05) is 55.6 Å². The number of carbonyl (C=O) groups is 2. The summed E-state index contributed by atoms with van der Waals surface area (Å²) < 4.78 is 26.3. The molecule has 0 saturated heterocycles. The van der Waals surface area contributed by atoms with Gasteiger partial charge in [0.15, 0.2) is 5.13 Å². The van der Waals surface area contributed by atoms with E-state index in [0.29, 0.717) is 16.4 Å². The predicted molar refractivity (Wildman–Crippen MR) is 155 cm³/mol. The fourth-order valence-corrected chi connectivity index (χ4v) is 6.09. The predicted octanol–water partition coefficient (Wildman–Crippen LogP) is 4.86. The molecule has 0 aliphatic rings. The highest BCUT2D eigenvalue weighted by molar-refractivity contribution is 7.90. The second-order valence-corrected chi connectivity index (χ2v) is 12.9. The summed E-state index contributed by atoms with van der Waals surface area (Å²) in [6, 6.07) is 12.1. The SMILES string of the molecule is Cc1cc(-c2cccc(-c3csc(NC(=O)CNC(=O)c4cn(S(=O)(=O)C(C)C)c(C)c4C)n3)c2)cc(C)n1. The number of amides is 2. The highest BCUT2D eigenvalue weighted by Gasteiger charge is 2.25. The van der Waals surface area contributed by atoms with Gasteiger partial charge in [0.05, 0.1) is 23.1 Å². The van der Waals surface area contributed by atoms with Gasteiger partial charge in [-0.3, -0.25) is 14.6 Å². The summed E-state index contributed by atoms with van der Waals surface area (Å²) in [7, 11) is -3.61. The van der Waals surface area contributed by atoms with Crippen LogP contribution in [0.4, 0.5) is 5.13 Å². The van der Waals surface area contributed by atoms with E-state index < -0.39 is 27.1 Å². The molecule has 2 amide bonds. The maximum Gasteiger partial charge on any atom is 0.253 e. The molecule has 0 aliphatic carbocycles. The van der Waals surface area contributed by atoms with Gasteiger partial charge in [0.2, 0.25) is 15.9 Å². The molecule has 2 N–H and O–H groups in total. The van der Waals surface area contributed by atoms with Crippen molar-refractivity contribution in [2.45, 2.75) is 46.8 Å². The zero-order valence-electron chi connectivity index (χ0n) is 22.7. The van der Waals surface area contributed by atoms with E-state index >= 15 is 0 Å². The van der Waals surface area contributed by atoms with Crippen LogP contribution in [0.1, 0.15) is 46.9 Å². The van der Waals surface area contributed by atoms with E-state index in [0.717, 1.165) is 37.7 Å². The highest BCUT2D eigenvalue weighted by atomic mass is 32.2. The van der Waals surface area contributed by atoms with Crippen LogP contribution < -0.4 is 10.6 Å². The van der Waals surface area contributed by atoms with E-state index in [1.165, 1.54) is 17.5 Å². The molecule has 11 heteroatoms. The number of anilines is 1. The third-order valence-electron chi connectivity index (χ3n) is 6.37. The maximum absolute atomic E-state index is 12.7. The Bertz CT molecular complexity index is 1650. The van der Waals surface area contributed by atoms with Crippen LogP contribution in [0.15, 0.2) is 48.0 Å². The van der Waals surface area contributed by atoms with Gasteiger partial charge in [-0.25, -0.2) is 17.4 Å². The molecule has 0 fully saturated rings. The first kappa shape index (κ1) is 28.2. The van der Waals surface area contributed by atoms with Gasteiger partial charge in [-0.1, -0.05) is 18.2 Å². The maximum atomic E-state index is 12.7.